The Labute approximate surface area is 106 Å². The minimum absolute atomic E-state index is 0.568. The predicted octanol–water partition coefficient (Wildman–Crippen LogP) is 1.52. The van der Waals surface area contributed by atoms with Crippen LogP contribution in [0.5, 0.6) is 0 Å². The number of hydrogen-bond acceptors (Lipinski definition) is 3. The van der Waals surface area contributed by atoms with Crippen LogP contribution in [0.4, 0.5) is 4.79 Å². The molecule has 0 aliphatic carbocycles. The van der Waals surface area contributed by atoms with E-state index in [4.69, 9.17) is 5.11 Å². The maximum absolute atomic E-state index is 10.8. The van der Waals surface area contributed by atoms with Crippen LogP contribution in [0, 0.1) is 0 Å². The number of piperazine rings is 1. The van der Waals surface area contributed by atoms with Gasteiger partial charge >= 0.3 is 6.09 Å². The lowest BCUT2D eigenvalue weighted by Crippen LogP contribution is -2.47. The van der Waals surface area contributed by atoms with Gasteiger partial charge in [0, 0.05) is 38.9 Å². The summed E-state index contributed by atoms with van der Waals surface area (Å²) in [6.45, 7) is 7.21. The van der Waals surface area contributed by atoms with Crippen molar-refractivity contribution >= 4 is 12.2 Å². The molecule has 1 aliphatic rings. The first-order valence-corrected chi connectivity index (χ1v) is 5.97. The molecule has 5 heteroatoms. The summed E-state index contributed by atoms with van der Waals surface area (Å²) in [5, 5.41) is 8.88. The molecule has 0 atom stereocenters. The summed E-state index contributed by atoms with van der Waals surface area (Å²) in [6.07, 6.45) is 2.67. The van der Waals surface area contributed by atoms with Gasteiger partial charge in [0.25, 0.3) is 0 Å². The zero-order chi connectivity index (χ0) is 13.0. The van der Waals surface area contributed by atoms with Gasteiger partial charge in [0.15, 0.2) is 0 Å². The highest BCUT2D eigenvalue weighted by molar-refractivity contribution is 5.65. The van der Waals surface area contributed by atoms with E-state index in [1.165, 1.54) is 4.90 Å². The van der Waals surface area contributed by atoms with Gasteiger partial charge in [0.1, 0.15) is 0 Å². The zero-order valence-corrected chi connectivity index (χ0v) is 10.2. The Morgan fingerprint density at radius 1 is 1.44 bits per heavy atom. The number of carbonyl (C=O) groups is 1. The Kier molecular flexibility index (Phi) is 3.94. The summed E-state index contributed by atoms with van der Waals surface area (Å²) in [7, 11) is 0. The van der Waals surface area contributed by atoms with E-state index in [-0.39, 0.29) is 0 Å². The second-order valence-electron chi connectivity index (χ2n) is 4.30. The highest BCUT2D eigenvalue weighted by Crippen LogP contribution is 2.12. The van der Waals surface area contributed by atoms with Crippen LogP contribution in [0.2, 0.25) is 0 Å². The van der Waals surface area contributed by atoms with Gasteiger partial charge in [0.2, 0.25) is 0 Å². The Balaban J connectivity index is 1.95. The van der Waals surface area contributed by atoms with Crippen LogP contribution in [0.3, 0.4) is 0 Å². The first kappa shape index (κ1) is 12.6. The molecule has 0 spiro atoms. The highest BCUT2D eigenvalue weighted by atomic mass is 16.4. The lowest BCUT2D eigenvalue weighted by molar-refractivity contribution is 0.103. The normalized spacial score (nSPS) is 16.6. The average Bonchev–Trinajstić information content (AvgIpc) is 2.40. The van der Waals surface area contributed by atoms with E-state index in [1.54, 1.807) is 12.3 Å². The summed E-state index contributed by atoms with van der Waals surface area (Å²) in [4.78, 5) is 18.8. The largest absolute Gasteiger partial charge is 0.465 e. The minimum Gasteiger partial charge on any atom is -0.465 e. The fourth-order valence-corrected chi connectivity index (χ4v) is 2.11. The molecule has 18 heavy (non-hydrogen) atoms. The van der Waals surface area contributed by atoms with E-state index >= 15 is 0 Å². The molecule has 1 amide bonds. The smallest absolute Gasteiger partial charge is 0.407 e. The van der Waals surface area contributed by atoms with Crippen molar-refractivity contribution in [3.8, 4) is 0 Å². The van der Waals surface area contributed by atoms with Gasteiger partial charge < -0.3 is 10.0 Å². The molecular formula is C13H17N3O2. The Morgan fingerprint density at radius 3 is 2.78 bits per heavy atom. The summed E-state index contributed by atoms with van der Waals surface area (Å²) >= 11 is 0. The highest BCUT2D eigenvalue weighted by Gasteiger charge is 2.20. The molecule has 0 bridgehead atoms. The molecule has 0 saturated carbocycles. The Morgan fingerprint density at radius 2 is 2.17 bits per heavy atom. The van der Waals surface area contributed by atoms with Gasteiger partial charge in [0.05, 0.1) is 5.69 Å². The number of pyridine rings is 1. The number of aromatic nitrogens is 1. The van der Waals surface area contributed by atoms with Gasteiger partial charge in [-0.2, -0.15) is 0 Å². The van der Waals surface area contributed by atoms with Crippen LogP contribution in [0.1, 0.15) is 11.3 Å². The van der Waals surface area contributed by atoms with Crippen molar-refractivity contribution in [1.82, 2.24) is 14.8 Å². The van der Waals surface area contributed by atoms with Crippen LogP contribution >= 0.6 is 0 Å². The maximum Gasteiger partial charge on any atom is 0.407 e. The quantitative estimate of drug-likeness (QED) is 0.879. The van der Waals surface area contributed by atoms with Crippen LogP contribution in [0.25, 0.3) is 6.08 Å². The molecule has 1 aromatic rings. The number of carboxylic acid groups (broad SMARTS) is 1. The summed E-state index contributed by atoms with van der Waals surface area (Å²) in [5.74, 6) is 0. The lowest BCUT2D eigenvalue weighted by atomic mass is 10.1. The van der Waals surface area contributed by atoms with Crippen LogP contribution < -0.4 is 0 Å². The number of rotatable bonds is 3. The third-order valence-corrected chi connectivity index (χ3v) is 3.16. The molecule has 1 aliphatic heterocycles. The molecule has 0 radical (unpaired) electrons. The summed E-state index contributed by atoms with van der Waals surface area (Å²) < 4.78 is 0. The number of hydrogen-bond donors (Lipinski definition) is 1. The zero-order valence-electron chi connectivity index (χ0n) is 10.2. The van der Waals surface area contributed by atoms with Crippen molar-refractivity contribution in [2.45, 2.75) is 6.54 Å². The summed E-state index contributed by atoms with van der Waals surface area (Å²) in [6, 6.07) is 3.95. The Bertz CT molecular complexity index is 440. The molecule has 1 N–H and O–H groups in total. The van der Waals surface area contributed by atoms with Gasteiger partial charge in [-0.25, -0.2) is 4.79 Å². The van der Waals surface area contributed by atoms with Crippen molar-refractivity contribution in [2.24, 2.45) is 0 Å². The molecule has 2 rings (SSSR count). The molecule has 1 fully saturated rings. The number of nitrogens with zero attached hydrogens (tertiary/aromatic N) is 3. The first-order valence-electron chi connectivity index (χ1n) is 5.97. The van der Waals surface area contributed by atoms with Crippen molar-refractivity contribution in [3.05, 3.63) is 36.2 Å². The fourth-order valence-electron chi connectivity index (χ4n) is 2.11. The van der Waals surface area contributed by atoms with Crippen molar-refractivity contribution in [3.63, 3.8) is 0 Å². The van der Waals surface area contributed by atoms with Gasteiger partial charge in [-0.1, -0.05) is 12.6 Å². The second kappa shape index (κ2) is 5.64. The molecule has 2 heterocycles. The molecule has 0 unspecified atom stereocenters. The van der Waals surface area contributed by atoms with E-state index in [1.807, 2.05) is 12.1 Å². The molecule has 0 aromatic carbocycles. The molecule has 5 nitrogen and oxygen atoms in total. The third kappa shape index (κ3) is 2.87. The van der Waals surface area contributed by atoms with Crippen molar-refractivity contribution < 1.29 is 9.90 Å². The Hall–Kier alpha value is -1.88. The molecule has 1 aromatic heterocycles. The molecule has 1 saturated heterocycles. The van der Waals surface area contributed by atoms with E-state index in [0.717, 1.165) is 30.9 Å². The average molecular weight is 247 g/mol. The SMILES string of the molecule is C=Cc1ncccc1CN1CCN(C(=O)O)CC1. The molecule has 96 valence electrons. The lowest BCUT2D eigenvalue weighted by Gasteiger charge is -2.33. The predicted molar refractivity (Wildman–Crippen MR) is 69.2 cm³/mol. The van der Waals surface area contributed by atoms with E-state index in [9.17, 15) is 4.79 Å². The second-order valence-corrected chi connectivity index (χ2v) is 4.30. The number of amides is 1. The van der Waals surface area contributed by atoms with Crippen LogP contribution in [0.15, 0.2) is 24.9 Å². The van der Waals surface area contributed by atoms with Gasteiger partial charge in [-0.3, -0.25) is 9.88 Å². The van der Waals surface area contributed by atoms with Crippen molar-refractivity contribution in [1.29, 1.82) is 0 Å². The van der Waals surface area contributed by atoms with Crippen molar-refractivity contribution in [2.75, 3.05) is 26.2 Å². The van der Waals surface area contributed by atoms with E-state index < -0.39 is 6.09 Å². The van der Waals surface area contributed by atoms with Gasteiger partial charge in [-0.15, -0.1) is 0 Å². The van der Waals surface area contributed by atoms with Gasteiger partial charge in [-0.05, 0) is 17.7 Å². The fraction of sp³-hybridized carbons (Fsp3) is 0.385. The monoisotopic (exact) mass is 247 g/mol. The van der Waals surface area contributed by atoms with Crippen LogP contribution in [-0.4, -0.2) is 52.2 Å². The third-order valence-electron chi connectivity index (χ3n) is 3.16. The van der Waals surface area contributed by atoms with E-state index in [2.05, 4.69) is 16.5 Å². The maximum atomic E-state index is 10.8. The standard InChI is InChI=1S/C13H17N3O2/c1-2-12-11(4-3-5-14-12)10-15-6-8-16(9-7-15)13(17)18/h2-5H,1,6-10H2,(H,17,18). The van der Waals surface area contributed by atoms with Crippen LogP contribution in [-0.2, 0) is 6.54 Å². The summed E-state index contributed by atoms with van der Waals surface area (Å²) in [5.41, 5.74) is 2.04. The van der Waals surface area contributed by atoms with E-state index in [0.29, 0.717) is 13.1 Å². The first-order chi connectivity index (χ1) is 8.70. The topological polar surface area (TPSA) is 56.7 Å². The molecular weight excluding hydrogens is 230 g/mol. The minimum atomic E-state index is -0.831.